The van der Waals surface area contributed by atoms with E-state index in [-0.39, 0.29) is 5.60 Å². The lowest BCUT2D eigenvalue weighted by Gasteiger charge is -2.46. The van der Waals surface area contributed by atoms with Crippen molar-refractivity contribution in [2.75, 3.05) is 31.3 Å². The van der Waals surface area contributed by atoms with Crippen molar-refractivity contribution in [1.82, 2.24) is 5.43 Å². The van der Waals surface area contributed by atoms with Crippen LogP contribution in [0.2, 0.25) is 0 Å². The third-order valence-corrected chi connectivity index (χ3v) is 6.09. The van der Waals surface area contributed by atoms with E-state index in [4.69, 9.17) is 15.3 Å². The van der Waals surface area contributed by atoms with Crippen molar-refractivity contribution in [3.05, 3.63) is 0 Å². The van der Waals surface area contributed by atoms with Crippen molar-refractivity contribution < 1.29 is 9.47 Å². The average Bonchev–Trinajstić information content (AvgIpc) is 2.95. The van der Waals surface area contributed by atoms with E-state index in [1.807, 2.05) is 0 Å². The molecule has 0 aliphatic carbocycles. The molecule has 5 heteroatoms. The predicted octanol–water partition coefficient (Wildman–Crippen LogP) is 1.55. The summed E-state index contributed by atoms with van der Waals surface area (Å²) in [5.41, 5.74) is 3.25. The van der Waals surface area contributed by atoms with Crippen molar-refractivity contribution in [2.24, 2.45) is 17.7 Å². The highest BCUT2D eigenvalue weighted by Gasteiger charge is 2.42. The number of thioether (sulfide) groups is 1. The third-order valence-electron chi connectivity index (χ3n) is 5.11. The summed E-state index contributed by atoms with van der Waals surface area (Å²) < 4.78 is 11.7. The van der Waals surface area contributed by atoms with Crippen LogP contribution in [0.3, 0.4) is 0 Å². The molecule has 3 N–H and O–H groups in total. The summed E-state index contributed by atoms with van der Waals surface area (Å²) in [4.78, 5) is 0. The van der Waals surface area contributed by atoms with Gasteiger partial charge in [0, 0.05) is 25.2 Å². The molecule has 3 aliphatic rings. The molecule has 19 heavy (non-hydrogen) atoms. The van der Waals surface area contributed by atoms with Gasteiger partial charge in [0.05, 0.1) is 12.2 Å². The second-order valence-electron chi connectivity index (χ2n) is 6.21. The van der Waals surface area contributed by atoms with Crippen molar-refractivity contribution >= 4 is 11.8 Å². The molecule has 0 amide bonds. The van der Waals surface area contributed by atoms with Crippen LogP contribution >= 0.6 is 11.8 Å². The Morgan fingerprint density at radius 1 is 1.16 bits per heavy atom. The van der Waals surface area contributed by atoms with Gasteiger partial charge in [-0.15, -0.1) is 0 Å². The van der Waals surface area contributed by atoms with Crippen LogP contribution in [-0.2, 0) is 9.47 Å². The molecular formula is C14H26N2O2S. The van der Waals surface area contributed by atoms with Crippen LogP contribution in [-0.4, -0.2) is 43.0 Å². The molecule has 1 spiro atoms. The average molecular weight is 286 g/mol. The predicted molar refractivity (Wildman–Crippen MR) is 78.0 cm³/mol. The summed E-state index contributed by atoms with van der Waals surface area (Å²) in [6.45, 7) is 2.67. The summed E-state index contributed by atoms with van der Waals surface area (Å²) in [7, 11) is 0. The van der Waals surface area contributed by atoms with E-state index in [1.54, 1.807) is 0 Å². The molecule has 4 nitrogen and oxygen atoms in total. The molecule has 3 atom stereocenters. The van der Waals surface area contributed by atoms with Gasteiger partial charge in [-0.05, 0) is 49.5 Å². The summed E-state index contributed by atoms with van der Waals surface area (Å²) in [6.07, 6.45) is 5.90. The molecule has 3 saturated heterocycles. The molecule has 3 heterocycles. The van der Waals surface area contributed by atoms with Gasteiger partial charge in [0.1, 0.15) is 0 Å². The quantitative estimate of drug-likeness (QED) is 0.609. The van der Waals surface area contributed by atoms with Gasteiger partial charge < -0.3 is 9.47 Å². The molecule has 3 unspecified atom stereocenters. The van der Waals surface area contributed by atoms with Gasteiger partial charge in [-0.2, -0.15) is 11.8 Å². The summed E-state index contributed by atoms with van der Waals surface area (Å²) in [5, 5.41) is 0. The first kappa shape index (κ1) is 14.1. The van der Waals surface area contributed by atoms with Gasteiger partial charge >= 0.3 is 0 Å². The Morgan fingerprint density at radius 2 is 1.95 bits per heavy atom. The fourth-order valence-electron chi connectivity index (χ4n) is 3.96. The van der Waals surface area contributed by atoms with Gasteiger partial charge in [-0.3, -0.25) is 11.3 Å². The van der Waals surface area contributed by atoms with Crippen LogP contribution in [0.4, 0.5) is 0 Å². The first-order chi connectivity index (χ1) is 9.33. The highest BCUT2D eigenvalue weighted by atomic mass is 32.2. The SMILES string of the molecule is NNC(C1CCOC1)C1CCOC2(CCSCC2)C1. The number of rotatable bonds is 3. The Bertz CT molecular complexity index is 286. The number of ether oxygens (including phenoxy) is 2. The standard InChI is InChI=1S/C14H26N2O2S/c15-16-13(12-1-5-17-10-12)11-2-6-18-14(9-11)3-7-19-8-4-14/h11-13,16H,1-10,15H2. The second-order valence-corrected chi connectivity index (χ2v) is 7.44. The smallest absolute Gasteiger partial charge is 0.0701 e. The lowest BCUT2D eigenvalue weighted by Crippen LogP contribution is -2.52. The lowest BCUT2D eigenvalue weighted by atomic mass is 9.75. The van der Waals surface area contributed by atoms with E-state index >= 15 is 0 Å². The summed E-state index contributed by atoms with van der Waals surface area (Å²) in [5.74, 6) is 9.58. The van der Waals surface area contributed by atoms with Crippen LogP contribution in [0.1, 0.15) is 32.1 Å². The van der Waals surface area contributed by atoms with E-state index in [2.05, 4.69) is 17.2 Å². The summed E-state index contributed by atoms with van der Waals surface area (Å²) >= 11 is 2.06. The van der Waals surface area contributed by atoms with E-state index in [0.29, 0.717) is 17.9 Å². The maximum Gasteiger partial charge on any atom is 0.0701 e. The molecule has 0 aromatic heterocycles. The number of hydrazine groups is 1. The molecule has 0 bridgehead atoms. The number of nitrogens with one attached hydrogen (secondary N) is 1. The molecule has 0 radical (unpaired) electrons. The number of nitrogens with two attached hydrogens (primary N) is 1. The van der Waals surface area contributed by atoms with Crippen molar-refractivity contribution in [3.8, 4) is 0 Å². The minimum absolute atomic E-state index is 0.155. The van der Waals surface area contributed by atoms with Crippen LogP contribution in [0.5, 0.6) is 0 Å². The molecule has 0 aromatic carbocycles. The molecule has 3 aliphatic heterocycles. The Labute approximate surface area is 120 Å². The van der Waals surface area contributed by atoms with Crippen LogP contribution in [0, 0.1) is 11.8 Å². The van der Waals surface area contributed by atoms with E-state index < -0.39 is 0 Å². The zero-order valence-corrected chi connectivity index (χ0v) is 12.4. The molecular weight excluding hydrogens is 260 g/mol. The minimum atomic E-state index is 0.155. The Hall–Kier alpha value is 0.190. The largest absolute Gasteiger partial charge is 0.381 e. The Balaban J connectivity index is 1.65. The van der Waals surface area contributed by atoms with Gasteiger partial charge in [0.2, 0.25) is 0 Å². The molecule has 3 rings (SSSR count). The molecule has 110 valence electrons. The lowest BCUT2D eigenvalue weighted by molar-refractivity contribution is -0.110. The Kier molecular flexibility index (Phi) is 4.70. The number of hydrogen-bond acceptors (Lipinski definition) is 5. The van der Waals surface area contributed by atoms with Gasteiger partial charge in [0.15, 0.2) is 0 Å². The second kappa shape index (κ2) is 6.31. The van der Waals surface area contributed by atoms with Gasteiger partial charge in [-0.25, -0.2) is 0 Å². The van der Waals surface area contributed by atoms with E-state index in [0.717, 1.165) is 32.7 Å². The topological polar surface area (TPSA) is 56.5 Å². The fourth-order valence-corrected chi connectivity index (χ4v) is 5.19. The number of hydrogen-bond donors (Lipinski definition) is 2. The van der Waals surface area contributed by atoms with E-state index in [1.165, 1.54) is 30.8 Å². The zero-order chi connectivity index (χ0) is 13.1. The fraction of sp³-hybridized carbons (Fsp3) is 1.00. The third kappa shape index (κ3) is 3.10. The first-order valence-corrected chi connectivity index (χ1v) is 8.74. The maximum absolute atomic E-state index is 6.18. The molecule has 0 aromatic rings. The monoisotopic (exact) mass is 286 g/mol. The first-order valence-electron chi connectivity index (χ1n) is 7.59. The van der Waals surface area contributed by atoms with Crippen molar-refractivity contribution in [2.45, 2.75) is 43.7 Å². The zero-order valence-electron chi connectivity index (χ0n) is 11.6. The van der Waals surface area contributed by atoms with Crippen molar-refractivity contribution in [1.29, 1.82) is 0 Å². The van der Waals surface area contributed by atoms with Crippen LogP contribution in [0.25, 0.3) is 0 Å². The molecule has 0 saturated carbocycles. The summed E-state index contributed by atoms with van der Waals surface area (Å²) in [6, 6.07) is 0.401. The van der Waals surface area contributed by atoms with Gasteiger partial charge in [-0.1, -0.05) is 0 Å². The minimum Gasteiger partial charge on any atom is -0.381 e. The van der Waals surface area contributed by atoms with Crippen LogP contribution in [0.15, 0.2) is 0 Å². The Morgan fingerprint density at radius 3 is 2.63 bits per heavy atom. The van der Waals surface area contributed by atoms with Crippen molar-refractivity contribution in [3.63, 3.8) is 0 Å². The highest BCUT2D eigenvalue weighted by molar-refractivity contribution is 7.99. The maximum atomic E-state index is 6.18. The van der Waals surface area contributed by atoms with E-state index in [9.17, 15) is 0 Å². The van der Waals surface area contributed by atoms with Crippen LogP contribution < -0.4 is 11.3 Å². The molecule has 3 fully saturated rings. The van der Waals surface area contributed by atoms with Gasteiger partial charge in [0.25, 0.3) is 0 Å². The normalized spacial score (nSPS) is 36.5. The highest BCUT2D eigenvalue weighted by Crippen LogP contribution is 2.42.